The number of fused-ring (bicyclic) bond motifs is 1. The summed E-state index contributed by atoms with van der Waals surface area (Å²) >= 11 is 0. The number of halogens is 2. The lowest BCUT2D eigenvalue weighted by Gasteiger charge is -2.16. The summed E-state index contributed by atoms with van der Waals surface area (Å²) in [5.41, 5.74) is 3.82. The number of likely N-dealkylation sites (N-methyl/N-ethyl adjacent to an activating group) is 1. The summed E-state index contributed by atoms with van der Waals surface area (Å²) in [5, 5.41) is 10.7. The molecule has 0 aliphatic rings. The van der Waals surface area contributed by atoms with Crippen LogP contribution in [-0.4, -0.2) is 50.7 Å². The first-order valence-electron chi connectivity index (χ1n) is 14.4. The number of rotatable bonds is 11. The average Bonchev–Trinajstić information content (AvgIpc) is 3.44. The fourth-order valence-electron chi connectivity index (χ4n) is 4.91. The molecule has 0 fully saturated rings. The van der Waals surface area contributed by atoms with Crippen LogP contribution in [-0.2, 0) is 0 Å². The maximum atomic E-state index is 14.2. The predicted octanol–water partition coefficient (Wildman–Crippen LogP) is 7.19. The summed E-state index contributed by atoms with van der Waals surface area (Å²) < 4.78 is 36.1. The van der Waals surface area contributed by atoms with Crippen LogP contribution < -0.4 is 15.4 Å². The highest BCUT2D eigenvalue weighted by Crippen LogP contribution is 2.35. The molecular formula is C35H29F2N7O2. The summed E-state index contributed by atoms with van der Waals surface area (Å²) in [4.78, 5) is 24.0. The molecule has 11 heteroatoms. The highest BCUT2D eigenvalue weighted by molar-refractivity contribution is 6.05. The van der Waals surface area contributed by atoms with Gasteiger partial charge in [-0.25, -0.2) is 23.3 Å². The SMILES string of the molecule is C=CCN(C)COc1cccc(Nc2nccc(-c3c(-c4cccc(NC(=O)c5c(F)cccc5F)c4)nn4ccccc34)n2)c1. The van der Waals surface area contributed by atoms with Gasteiger partial charge in [-0.1, -0.05) is 36.4 Å². The maximum absolute atomic E-state index is 14.2. The zero-order valence-electron chi connectivity index (χ0n) is 24.8. The minimum atomic E-state index is -0.945. The second kappa shape index (κ2) is 13.4. The number of carbonyl (C=O) groups excluding carboxylic acids is 1. The lowest BCUT2D eigenvalue weighted by Crippen LogP contribution is -2.23. The van der Waals surface area contributed by atoms with E-state index in [1.807, 2.05) is 72.8 Å². The van der Waals surface area contributed by atoms with E-state index in [9.17, 15) is 13.6 Å². The third-order valence-corrected chi connectivity index (χ3v) is 7.02. The number of amides is 1. The van der Waals surface area contributed by atoms with Gasteiger partial charge in [0.05, 0.1) is 16.8 Å². The summed E-state index contributed by atoms with van der Waals surface area (Å²) in [6.07, 6.45) is 5.30. The molecule has 0 unspecified atom stereocenters. The normalized spacial score (nSPS) is 11.0. The van der Waals surface area contributed by atoms with Crippen molar-refractivity contribution in [1.29, 1.82) is 0 Å². The lowest BCUT2D eigenvalue weighted by molar-refractivity contribution is 0.101. The van der Waals surface area contributed by atoms with E-state index >= 15 is 0 Å². The maximum Gasteiger partial charge on any atom is 0.261 e. The van der Waals surface area contributed by atoms with Crippen LogP contribution in [0, 0.1) is 11.6 Å². The largest absolute Gasteiger partial charge is 0.478 e. The smallest absolute Gasteiger partial charge is 0.261 e. The Morgan fingerprint density at radius 2 is 1.76 bits per heavy atom. The number of ether oxygens (including phenoxy) is 1. The van der Waals surface area contributed by atoms with E-state index in [1.165, 1.54) is 6.07 Å². The molecule has 0 bridgehead atoms. The number of hydrogen-bond donors (Lipinski definition) is 2. The Bertz CT molecular complexity index is 2030. The molecule has 6 aromatic rings. The molecule has 0 radical (unpaired) electrons. The Hall–Kier alpha value is -5.94. The van der Waals surface area contributed by atoms with Gasteiger partial charge in [0, 0.05) is 41.9 Å². The van der Waals surface area contributed by atoms with Gasteiger partial charge in [0.1, 0.15) is 35.4 Å². The van der Waals surface area contributed by atoms with E-state index in [2.05, 4.69) is 22.2 Å². The van der Waals surface area contributed by atoms with E-state index in [0.29, 0.717) is 47.6 Å². The number of nitrogens with one attached hydrogen (secondary N) is 2. The average molecular weight is 618 g/mol. The van der Waals surface area contributed by atoms with Crippen LogP contribution in [0.2, 0.25) is 0 Å². The molecule has 2 N–H and O–H groups in total. The number of pyridine rings is 1. The molecule has 230 valence electrons. The van der Waals surface area contributed by atoms with Gasteiger partial charge < -0.3 is 15.4 Å². The second-order valence-electron chi connectivity index (χ2n) is 10.4. The van der Waals surface area contributed by atoms with Gasteiger partial charge in [0.25, 0.3) is 5.91 Å². The first kappa shape index (κ1) is 30.1. The van der Waals surface area contributed by atoms with Gasteiger partial charge in [-0.2, -0.15) is 5.10 Å². The summed E-state index contributed by atoms with van der Waals surface area (Å²) in [7, 11) is 1.94. The number of nitrogens with zero attached hydrogens (tertiary/aromatic N) is 5. The molecule has 0 saturated heterocycles. The minimum absolute atomic E-state index is 0.344. The van der Waals surface area contributed by atoms with E-state index in [1.54, 1.807) is 35.0 Å². The molecule has 6 rings (SSSR count). The van der Waals surface area contributed by atoms with Crippen LogP contribution in [0.1, 0.15) is 10.4 Å². The molecule has 1 amide bonds. The third kappa shape index (κ3) is 6.59. The van der Waals surface area contributed by atoms with Crippen molar-refractivity contribution in [1.82, 2.24) is 24.5 Å². The van der Waals surface area contributed by atoms with Gasteiger partial charge >= 0.3 is 0 Å². The molecule has 46 heavy (non-hydrogen) atoms. The summed E-state index contributed by atoms with van der Waals surface area (Å²) in [6, 6.07) is 25.2. The number of benzene rings is 3. The Morgan fingerprint density at radius 1 is 0.978 bits per heavy atom. The highest BCUT2D eigenvalue weighted by atomic mass is 19.1. The number of hydrogen-bond acceptors (Lipinski definition) is 7. The van der Waals surface area contributed by atoms with Crippen LogP contribution in [0.15, 0.2) is 116 Å². The van der Waals surface area contributed by atoms with E-state index in [0.717, 1.165) is 28.9 Å². The molecule has 0 aliphatic heterocycles. The van der Waals surface area contributed by atoms with Gasteiger partial charge in [-0.15, -0.1) is 6.58 Å². The van der Waals surface area contributed by atoms with Crippen molar-refractivity contribution in [2.45, 2.75) is 0 Å². The van der Waals surface area contributed by atoms with Crippen LogP contribution in [0.25, 0.3) is 28.0 Å². The minimum Gasteiger partial charge on any atom is -0.478 e. The third-order valence-electron chi connectivity index (χ3n) is 7.02. The Balaban J connectivity index is 1.31. The second-order valence-corrected chi connectivity index (χ2v) is 10.4. The van der Waals surface area contributed by atoms with Crippen molar-refractivity contribution in [3.05, 3.63) is 133 Å². The standard InChI is InChI=1S/C35H29F2N7O2/c1-3-18-43(2)22-46-26-12-7-11-25(21-26)40-35-38-17-16-29(41-35)32-30-15-4-5-19-44(30)42-33(32)23-9-6-10-24(20-23)39-34(45)31-27(36)13-8-14-28(31)37/h3-17,19-21H,1,18,22H2,2H3,(H,39,45)(H,38,40,41). The van der Waals surface area contributed by atoms with Crippen molar-refractivity contribution in [3.63, 3.8) is 0 Å². The molecule has 9 nitrogen and oxygen atoms in total. The van der Waals surface area contributed by atoms with Gasteiger partial charge in [0.2, 0.25) is 5.95 Å². The van der Waals surface area contributed by atoms with E-state index < -0.39 is 23.1 Å². The molecule has 3 aromatic heterocycles. The first-order chi connectivity index (χ1) is 22.4. The van der Waals surface area contributed by atoms with Crippen LogP contribution in [0.3, 0.4) is 0 Å². The van der Waals surface area contributed by atoms with Crippen molar-refractivity contribution < 1.29 is 18.3 Å². The topological polar surface area (TPSA) is 96.7 Å². The van der Waals surface area contributed by atoms with E-state index in [-0.39, 0.29) is 0 Å². The van der Waals surface area contributed by atoms with Gasteiger partial charge in [-0.05, 0) is 61.6 Å². The lowest BCUT2D eigenvalue weighted by atomic mass is 10.0. The van der Waals surface area contributed by atoms with Crippen molar-refractivity contribution in [2.24, 2.45) is 0 Å². The molecular weight excluding hydrogens is 588 g/mol. The van der Waals surface area contributed by atoms with Crippen molar-refractivity contribution in [3.8, 4) is 28.3 Å². The van der Waals surface area contributed by atoms with Crippen molar-refractivity contribution >= 4 is 28.7 Å². The number of carbonyl (C=O) groups is 1. The molecule has 0 saturated carbocycles. The summed E-state index contributed by atoms with van der Waals surface area (Å²) in [5.74, 6) is -1.73. The Kier molecular flexibility index (Phi) is 8.75. The molecule has 3 heterocycles. The molecule has 3 aromatic carbocycles. The van der Waals surface area contributed by atoms with Gasteiger partial charge in [0.15, 0.2) is 0 Å². The van der Waals surface area contributed by atoms with Crippen LogP contribution in [0.5, 0.6) is 5.75 Å². The fraction of sp³-hybridized carbons (Fsp3) is 0.0857. The molecule has 0 aliphatic carbocycles. The predicted molar refractivity (Wildman–Crippen MR) is 174 cm³/mol. The van der Waals surface area contributed by atoms with Gasteiger partial charge in [-0.3, -0.25) is 9.69 Å². The monoisotopic (exact) mass is 617 g/mol. The summed E-state index contributed by atoms with van der Waals surface area (Å²) in [6.45, 7) is 4.86. The Morgan fingerprint density at radius 3 is 2.59 bits per heavy atom. The van der Waals surface area contributed by atoms with E-state index in [4.69, 9.17) is 14.8 Å². The number of aromatic nitrogens is 4. The fourth-order valence-corrected chi connectivity index (χ4v) is 4.91. The molecule has 0 atom stereocenters. The quantitative estimate of drug-likeness (QED) is 0.117. The highest BCUT2D eigenvalue weighted by Gasteiger charge is 2.20. The zero-order chi connectivity index (χ0) is 32.0. The van der Waals surface area contributed by atoms with Crippen molar-refractivity contribution in [2.75, 3.05) is 31.0 Å². The molecule has 0 spiro atoms. The van der Waals surface area contributed by atoms with Crippen LogP contribution in [0.4, 0.5) is 26.1 Å². The first-order valence-corrected chi connectivity index (χ1v) is 14.4. The zero-order valence-corrected chi connectivity index (χ0v) is 24.8. The number of anilines is 3. The van der Waals surface area contributed by atoms with Crippen LogP contribution >= 0.6 is 0 Å². The Labute approximate surface area is 263 Å².